The molecule has 0 aromatic heterocycles. The zero-order valence-corrected chi connectivity index (χ0v) is 7.37. The lowest BCUT2D eigenvalue weighted by Gasteiger charge is -2.21. The molecule has 1 rings (SSSR count). The Morgan fingerprint density at radius 1 is 1.50 bits per heavy atom. The molecule has 0 amide bonds. The highest BCUT2D eigenvalue weighted by Crippen LogP contribution is 2.18. The smallest absolute Gasteiger partial charge is 0.332 e. The zero-order valence-electron chi connectivity index (χ0n) is 7.37. The first-order valence-electron chi connectivity index (χ1n) is 4.16. The van der Waals surface area contributed by atoms with Crippen molar-refractivity contribution in [2.45, 2.75) is 24.7 Å². The Kier molecular flexibility index (Phi) is 3.40. The Morgan fingerprint density at radius 3 is 2.71 bits per heavy atom. The predicted octanol–water partition coefficient (Wildman–Crippen LogP) is -0.960. The standard InChI is InChI=1S/C9H12O5/c10-6-3-1-2-5(8(6)12)4-7(11)9(13)14/h1-3,6-8,10-12H,4H2,(H,13,14). The molecule has 0 radical (unpaired) electrons. The molecule has 3 unspecified atom stereocenters. The lowest BCUT2D eigenvalue weighted by molar-refractivity contribution is -0.146. The number of carbonyl (C=O) groups is 1. The van der Waals surface area contributed by atoms with Gasteiger partial charge in [-0.05, 0) is 5.57 Å². The lowest BCUT2D eigenvalue weighted by atomic mass is 9.94. The van der Waals surface area contributed by atoms with Crippen LogP contribution in [0, 0.1) is 0 Å². The van der Waals surface area contributed by atoms with Crippen LogP contribution in [-0.4, -0.2) is 44.7 Å². The van der Waals surface area contributed by atoms with Gasteiger partial charge >= 0.3 is 5.97 Å². The number of aliphatic carboxylic acids is 1. The summed E-state index contributed by atoms with van der Waals surface area (Å²) in [7, 11) is 0. The van der Waals surface area contributed by atoms with E-state index in [9.17, 15) is 15.0 Å². The van der Waals surface area contributed by atoms with E-state index in [1.165, 1.54) is 18.2 Å². The van der Waals surface area contributed by atoms with Gasteiger partial charge in [0, 0.05) is 6.42 Å². The SMILES string of the molecule is O=C(O)C(O)CC1=CC=CC(O)C1O. The fourth-order valence-corrected chi connectivity index (χ4v) is 1.22. The average molecular weight is 200 g/mol. The molecule has 1 aliphatic carbocycles. The first-order valence-corrected chi connectivity index (χ1v) is 4.16. The lowest BCUT2D eigenvalue weighted by Crippen LogP contribution is -2.31. The maximum Gasteiger partial charge on any atom is 0.332 e. The van der Waals surface area contributed by atoms with Crippen molar-refractivity contribution in [2.24, 2.45) is 0 Å². The first kappa shape index (κ1) is 10.9. The minimum Gasteiger partial charge on any atom is -0.479 e. The molecule has 5 heteroatoms. The summed E-state index contributed by atoms with van der Waals surface area (Å²) in [4.78, 5) is 10.3. The van der Waals surface area contributed by atoms with Crippen LogP contribution in [0.15, 0.2) is 23.8 Å². The van der Waals surface area contributed by atoms with Gasteiger partial charge in [0.05, 0.1) is 0 Å². The molecule has 3 atom stereocenters. The Bertz CT molecular complexity index is 281. The van der Waals surface area contributed by atoms with Crippen molar-refractivity contribution in [3.8, 4) is 0 Å². The fourth-order valence-electron chi connectivity index (χ4n) is 1.22. The van der Waals surface area contributed by atoms with E-state index in [1.54, 1.807) is 0 Å². The molecule has 0 spiro atoms. The predicted molar refractivity (Wildman–Crippen MR) is 47.5 cm³/mol. The summed E-state index contributed by atoms with van der Waals surface area (Å²) in [5.41, 5.74) is 0.315. The summed E-state index contributed by atoms with van der Waals surface area (Å²) in [6, 6.07) is 0. The van der Waals surface area contributed by atoms with Gasteiger partial charge in [-0.25, -0.2) is 4.79 Å². The molecule has 0 aromatic carbocycles. The van der Waals surface area contributed by atoms with Crippen LogP contribution in [0.25, 0.3) is 0 Å². The zero-order chi connectivity index (χ0) is 10.7. The van der Waals surface area contributed by atoms with Gasteiger partial charge in [0.1, 0.15) is 12.2 Å². The topological polar surface area (TPSA) is 98.0 Å². The Hall–Kier alpha value is -1.17. The number of carboxylic acid groups (broad SMARTS) is 1. The third-order valence-corrected chi connectivity index (χ3v) is 2.04. The van der Waals surface area contributed by atoms with E-state index in [0.29, 0.717) is 5.57 Å². The van der Waals surface area contributed by atoms with Gasteiger partial charge in [-0.2, -0.15) is 0 Å². The Labute approximate surface area is 80.6 Å². The van der Waals surface area contributed by atoms with Gasteiger partial charge in [0.15, 0.2) is 6.10 Å². The van der Waals surface area contributed by atoms with Crippen LogP contribution in [0.5, 0.6) is 0 Å². The van der Waals surface area contributed by atoms with Crippen LogP contribution in [0.4, 0.5) is 0 Å². The molecule has 0 aromatic rings. The van der Waals surface area contributed by atoms with Crippen LogP contribution < -0.4 is 0 Å². The molecule has 5 nitrogen and oxygen atoms in total. The number of allylic oxidation sites excluding steroid dienone is 2. The van der Waals surface area contributed by atoms with E-state index in [1.807, 2.05) is 0 Å². The molecule has 78 valence electrons. The van der Waals surface area contributed by atoms with Gasteiger partial charge in [0.2, 0.25) is 0 Å². The van der Waals surface area contributed by atoms with E-state index >= 15 is 0 Å². The largest absolute Gasteiger partial charge is 0.479 e. The van der Waals surface area contributed by atoms with Crippen molar-refractivity contribution in [2.75, 3.05) is 0 Å². The van der Waals surface area contributed by atoms with Gasteiger partial charge < -0.3 is 20.4 Å². The van der Waals surface area contributed by atoms with Crippen molar-refractivity contribution >= 4 is 5.97 Å². The maximum atomic E-state index is 10.3. The minimum atomic E-state index is -1.55. The summed E-state index contributed by atoms with van der Waals surface area (Å²) >= 11 is 0. The van der Waals surface area contributed by atoms with Crippen LogP contribution in [0.3, 0.4) is 0 Å². The quantitative estimate of drug-likeness (QED) is 0.470. The summed E-state index contributed by atoms with van der Waals surface area (Å²) in [5, 5.41) is 36.0. The number of hydrogen-bond donors (Lipinski definition) is 4. The summed E-state index contributed by atoms with van der Waals surface area (Å²) < 4.78 is 0. The highest BCUT2D eigenvalue weighted by molar-refractivity contribution is 5.72. The number of aliphatic hydroxyl groups excluding tert-OH is 3. The van der Waals surface area contributed by atoms with Gasteiger partial charge in [-0.3, -0.25) is 0 Å². The second-order valence-corrected chi connectivity index (χ2v) is 3.12. The first-order chi connectivity index (χ1) is 6.52. The van der Waals surface area contributed by atoms with Crippen molar-refractivity contribution in [3.63, 3.8) is 0 Å². The molecule has 0 bridgehead atoms. The van der Waals surface area contributed by atoms with Gasteiger partial charge in [-0.1, -0.05) is 18.2 Å². The molecule has 0 saturated heterocycles. The second-order valence-electron chi connectivity index (χ2n) is 3.12. The molecular weight excluding hydrogens is 188 g/mol. The van der Waals surface area contributed by atoms with Crippen molar-refractivity contribution in [1.82, 2.24) is 0 Å². The number of carboxylic acids is 1. The molecule has 0 saturated carbocycles. The molecule has 0 heterocycles. The third-order valence-electron chi connectivity index (χ3n) is 2.04. The van der Waals surface area contributed by atoms with Gasteiger partial charge in [-0.15, -0.1) is 0 Å². The molecule has 0 fully saturated rings. The number of hydrogen-bond acceptors (Lipinski definition) is 4. The summed E-state index contributed by atoms with van der Waals surface area (Å²) in [5.74, 6) is -1.35. The molecule has 1 aliphatic rings. The van der Waals surface area contributed by atoms with Crippen LogP contribution in [0.1, 0.15) is 6.42 Å². The van der Waals surface area contributed by atoms with Crippen LogP contribution in [-0.2, 0) is 4.79 Å². The molecule has 0 aliphatic heterocycles. The summed E-state index contributed by atoms with van der Waals surface area (Å²) in [6.45, 7) is 0. The highest BCUT2D eigenvalue weighted by Gasteiger charge is 2.24. The van der Waals surface area contributed by atoms with Crippen molar-refractivity contribution < 1.29 is 25.2 Å². The van der Waals surface area contributed by atoms with Crippen LogP contribution in [0.2, 0.25) is 0 Å². The molecule has 14 heavy (non-hydrogen) atoms. The average Bonchev–Trinajstić information content (AvgIpc) is 2.12. The number of aliphatic hydroxyl groups is 3. The van der Waals surface area contributed by atoms with E-state index in [0.717, 1.165) is 0 Å². The molecular formula is C9H12O5. The third kappa shape index (κ3) is 2.41. The van der Waals surface area contributed by atoms with Gasteiger partial charge in [0.25, 0.3) is 0 Å². The maximum absolute atomic E-state index is 10.3. The highest BCUT2D eigenvalue weighted by atomic mass is 16.4. The van der Waals surface area contributed by atoms with Crippen molar-refractivity contribution in [3.05, 3.63) is 23.8 Å². The van der Waals surface area contributed by atoms with Crippen molar-refractivity contribution in [1.29, 1.82) is 0 Å². The Balaban J connectivity index is 2.64. The monoisotopic (exact) mass is 200 g/mol. The number of rotatable bonds is 3. The van der Waals surface area contributed by atoms with Crippen LogP contribution >= 0.6 is 0 Å². The van der Waals surface area contributed by atoms with E-state index < -0.39 is 24.3 Å². The van der Waals surface area contributed by atoms with E-state index in [-0.39, 0.29) is 6.42 Å². The Morgan fingerprint density at radius 2 is 2.14 bits per heavy atom. The second kappa shape index (κ2) is 4.36. The summed E-state index contributed by atoms with van der Waals surface area (Å²) in [6.07, 6.45) is 0.504. The minimum absolute atomic E-state index is 0.183. The van der Waals surface area contributed by atoms with E-state index in [2.05, 4.69) is 0 Å². The molecule has 4 N–H and O–H groups in total. The normalized spacial score (nSPS) is 28.4. The van der Waals surface area contributed by atoms with E-state index in [4.69, 9.17) is 10.2 Å². The fraction of sp³-hybridized carbons (Fsp3) is 0.444.